The van der Waals surface area contributed by atoms with Gasteiger partial charge in [-0.3, -0.25) is 9.36 Å². The Morgan fingerprint density at radius 1 is 1.16 bits per heavy atom. The van der Waals surface area contributed by atoms with Gasteiger partial charge in [-0.05, 0) is 52.3 Å². The van der Waals surface area contributed by atoms with E-state index in [0.717, 1.165) is 30.9 Å². The molecule has 0 saturated carbocycles. The Balaban J connectivity index is 2.30. The lowest BCUT2D eigenvalue weighted by molar-refractivity contribution is 0.566. The lowest BCUT2D eigenvalue weighted by atomic mass is 10.1. The minimum absolute atomic E-state index is 0.666. The zero-order valence-corrected chi connectivity index (χ0v) is 12.3. The number of nitrogens with two attached hydrogens (primary N) is 1. The minimum atomic E-state index is 0.666. The van der Waals surface area contributed by atoms with E-state index >= 15 is 0 Å². The van der Waals surface area contributed by atoms with E-state index in [1.165, 1.54) is 17.0 Å². The van der Waals surface area contributed by atoms with Crippen LogP contribution in [-0.4, -0.2) is 26.1 Å². The van der Waals surface area contributed by atoms with Crippen LogP contribution in [0.4, 0.5) is 0 Å². The summed E-state index contributed by atoms with van der Waals surface area (Å²) in [5.41, 5.74) is 11.5. The second-order valence-electron chi connectivity index (χ2n) is 4.94. The van der Waals surface area contributed by atoms with E-state index in [1.807, 2.05) is 11.6 Å². The van der Waals surface area contributed by atoms with Gasteiger partial charge in [-0.1, -0.05) is 0 Å². The van der Waals surface area contributed by atoms with Crippen LogP contribution in [0.1, 0.15) is 35.3 Å². The zero-order valence-electron chi connectivity index (χ0n) is 12.3. The monoisotopic (exact) mass is 261 g/mol. The van der Waals surface area contributed by atoms with E-state index in [4.69, 9.17) is 5.73 Å². The minimum Gasteiger partial charge on any atom is -0.330 e. The van der Waals surface area contributed by atoms with Gasteiger partial charge in [0.05, 0.1) is 23.6 Å². The van der Waals surface area contributed by atoms with Crippen LogP contribution in [0.2, 0.25) is 0 Å². The van der Waals surface area contributed by atoms with Gasteiger partial charge in [0.15, 0.2) is 0 Å². The summed E-state index contributed by atoms with van der Waals surface area (Å²) < 4.78 is 4.09. The molecule has 0 atom stereocenters. The lowest BCUT2D eigenvalue weighted by Gasteiger charge is -2.07. The average Bonchev–Trinajstić information content (AvgIpc) is 2.85. The molecule has 19 heavy (non-hydrogen) atoms. The fraction of sp³-hybridized carbons (Fsp3) is 0.571. The molecule has 0 aliphatic rings. The van der Waals surface area contributed by atoms with Crippen molar-refractivity contribution in [2.75, 3.05) is 6.54 Å². The second kappa shape index (κ2) is 5.57. The number of aromatic nitrogens is 4. The van der Waals surface area contributed by atoms with Crippen LogP contribution in [0, 0.1) is 20.8 Å². The van der Waals surface area contributed by atoms with Crippen LogP contribution < -0.4 is 5.73 Å². The highest BCUT2D eigenvalue weighted by molar-refractivity contribution is 5.25. The van der Waals surface area contributed by atoms with Crippen molar-refractivity contribution >= 4 is 0 Å². The first kappa shape index (κ1) is 13.8. The van der Waals surface area contributed by atoms with Crippen LogP contribution in [0.3, 0.4) is 0 Å². The fourth-order valence-corrected chi connectivity index (χ4v) is 2.55. The van der Waals surface area contributed by atoms with Crippen molar-refractivity contribution in [3.8, 4) is 0 Å². The van der Waals surface area contributed by atoms with Gasteiger partial charge in [-0.2, -0.15) is 10.2 Å². The highest BCUT2D eigenvalue weighted by atomic mass is 15.3. The summed E-state index contributed by atoms with van der Waals surface area (Å²) in [5.74, 6) is 0. The van der Waals surface area contributed by atoms with Gasteiger partial charge in [0.25, 0.3) is 0 Å². The number of rotatable bonds is 5. The molecule has 0 aliphatic heterocycles. The lowest BCUT2D eigenvalue weighted by Crippen LogP contribution is -2.10. The first-order valence-corrected chi connectivity index (χ1v) is 6.83. The van der Waals surface area contributed by atoms with Crippen molar-refractivity contribution < 1.29 is 0 Å². The van der Waals surface area contributed by atoms with E-state index < -0.39 is 0 Å². The third kappa shape index (κ3) is 2.71. The molecule has 2 N–H and O–H groups in total. The van der Waals surface area contributed by atoms with Crippen LogP contribution in [0.15, 0.2) is 6.07 Å². The van der Waals surface area contributed by atoms with Gasteiger partial charge >= 0.3 is 0 Å². The van der Waals surface area contributed by atoms with Gasteiger partial charge in [-0.15, -0.1) is 0 Å². The standard InChI is InChI=1S/C14H23N5/c1-5-18-13(8-10(2)16-18)9-19-12(4)14(6-7-15)11(3)17-19/h8H,5-7,9,15H2,1-4H3. The molecule has 104 valence electrons. The Morgan fingerprint density at radius 2 is 1.89 bits per heavy atom. The number of nitrogens with zero attached hydrogens (tertiary/aromatic N) is 4. The normalized spacial score (nSPS) is 11.2. The number of hydrogen-bond donors (Lipinski definition) is 1. The molecule has 0 aromatic carbocycles. The zero-order chi connectivity index (χ0) is 14.0. The third-order valence-corrected chi connectivity index (χ3v) is 3.52. The summed E-state index contributed by atoms with van der Waals surface area (Å²) in [6, 6.07) is 2.13. The molecule has 0 saturated heterocycles. The molecule has 5 nitrogen and oxygen atoms in total. The Hall–Kier alpha value is -1.62. The molecule has 2 heterocycles. The number of aryl methyl sites for hydroxylation is 3. The molecule has 0 aliphatic carbocycles. The van der Waals surface area contributed by atoms with Crippen molar-refractivity contribution in [3.05, 3.63) is 34.4 Å². The molecule has 2 rings (SSSR count). The Morgan fingerprint density at radius 3 is 2.53 bits per heavy atom. The van der Waals surface area contributed by atoms with Gasteiger partial charge in [0.2, 0.25) is 0 Å². The van der Waals surface area contributed by atoms with Crippen molar-refractivity contribution in [1.82, 2.24) is 19.6 Å². The Kier molecular flexibility index (Phi) is 4.04. The molecule has 0 spiro atoms. The van der Waals surface area contributed by atoms with E-state index in [9.17, 15) is 0 Å². The maximum atomic E-state index is 5.66. The fourth-order valence-electron chi connectivity index (χ4n) is 2.55. The van der Waals surface area contributed by atoms with E-state index in [1.54, 1.807) is 0 Å². The summed E-state index contributed by atoms with van der Waals surface area (Å²) in [7, 11) is 0. The maximum Gasteiger partial charge on any atom is 0.0831 e. The van der Waals surface area contributed by atoms with Crippen LogP contribution in [0.25, 0.3) is 0 Å². The van der Waals surface area contributed by atoms with Gasteiger partial charge in [-0.25, -0.2) is 0 Å². The van der Waals surface area contributed by atoms with Gasteiger partial charge < -0.3 is 5.73 Å². The third-order valence-electron chi connectivity index (χ3n) is 3.52. The van der Waals surface area contributed by atoms with Gasteiger partial charge in [0.1, 0.15) is 0 Å². The average molecular weight is 261 g/mol. The van der Waals surface area contributed by atoms with Crippen molar-refractivity contribution in [2.24, 2.45) is 5.73 Å². The predicted molar refractivity (Wildman–Crippen MR) is 76.2 cm³/mol. The van der Waals surface area contributed by atoms with Crippen LogP contribution in [0.5, 0.6) is 0 Å². The van der Waals surface area contributed by atoms with E-state index in [0.29, 0.717) is 6.54 Å². The number of hydrogen-bond acceptors (Lipinski definition) is 3. The van der Waals surface area contributed by atoms with Crippen molar-refractivity contribution in [2.45, 2.75) is 47.2 Å². The van der Waals surface area contributed by atoms with Crippen LogP contribution >= 0.6 is 0 Å². The maximum absolute atomic E-state index is 5.66. The summed E-state index contributed by atoms with van der Waals surface area (Å²) in [4.78, 5) is 0. The SMILES string of the molecule is CCn1nc(C)cc1Cn1nc(C)c(CCN)c1C. The topological polar surface area (TPSA) is 61.7 Å². The van der Waals surface area contributed by atoms with Crippen LogP contribution in [-0.2, 0) is 19.5 Å². The Labute approximate surface area is 114 Å². The summed E-state index contributed by atoms with van der Waals surface area (Å²) >= 11 is 0. The highest BCUT2D eigenvalue weighted by Gasteiger charge is 2.13. The van der Waals surface area contributed by atoms with E-state index in [2.05, 4.69) is 41.7 Å². The van der Waals surface area contributed by atoms with E-state index in [-0.39, 0.29) is 0 Å². The molecule has 0 fully saturated rings. The van der Waals surface area contributed by atoms with Crippen molar-refractivity contribution in [1.29, 1.82) is 0 Å². The molecule has 0 bridgehead atoms. The van der Waals surface area contributed by atoms with Gasteiger partial charge in [0, 0.05) is 12.2 Å². The largest absolute Gasteiger partial charge is 0.330 e. The molecular formula is C14H23N5. The molecule has 0 radical (unpaired) electrons. The Bertz CT molecular complexity index is 565. The molecule has 2 aromatic rings. The molecule has 0 unspecified atom stereocenters. The molecule has 5 heteroatoms. The second-order valence-corrected chi connectivity index (χ2v) is 4.94. The molecular weight excluding hydrogens is 238 g/mol. The molecule has 0 amide bonds. The van der Waals surface area contributed by atoms with Crippen molar-refractivity contribution in [3.63, 3.8) is 0 Å². The molecule has 2 aromatic heterocycles. The predicted octanol–water partition coefficient (Wildman–Crippen LogP) is 1.57. The summed E-state index contributed by atoms with van der Waals surface area (Å²) in [6.07, 6.45) is 0.893. The first-order valence-electron chi connectivity index (χ1n) is 6.83. The smallest absolute Gasteiger partial charge is 0.0831 e. The highest BCUT2D eigenvalue weighted by Crippen LogP contribution is 2.15. The quantitative estimate of drug-likeness (QED) is 0.888. The summed E-state index contributed by atoms with van der Waals surface area (Å²) in [6.45, 7) is 10.6. The first-order chi connectivity index (χ1) is 9.06. The summed E-state index contributed by atoms with van der Waals surface area (Å²) in [5, 5.41) is 9.10.